The average Bonchev–Trinajstić information content (AvgIpc) is 2.66. The third-order valence-corrected chi connectivity index (χ3v) is 3.35. The number of nitrogens with one attached hydrogen (secondary N) is 1. The summed E-state index contributed by atoms with van der Waals surface area (Å²) in [6, 6.07) is 1.29. The number of imide groups is 1. The molecule has 0 aliphatic carbocycles. The Morgan fingerprint density at radius 1 is 1.45 bits per heavy atom. The largest absolute Gasteiger partial charge is 0.320 e. The molecule has 0 radical (unpaired) electrons. The summed E-state index contributed by atoms with van der Waals surface area (Å²) < 4.78 is 1.58. The highest BCUT2D eigenvalue weighted by atomic mass is 16.2. The zero-order valence-corrected chi connectivity index (χ0v) is 11.8. The minimum absolute atomic E-state index is 0.0384. The molecule has 2 rings (SSSR count). The van der Waals surface area contributed by atoms with Gasteiger partial charge in [0.25, 0.3) is 0 Å². The molecule has 0 aromatic carbocycles. The summed E-state index contributed by atoms with van der Waals surface area (Å²) in [5.41, 5.74) is 1.70. The lowest BCUT2D eigenvalue weighted by molar-refractivity contribution is -0.150. The molecule has 0 spiro atoms. The summed E-state index contributed by atoms with van der Waals surface area (Å²) in [6.45, 7) is 5.47. The van der Waals surface area contributed by atoms with Crippen molar-refractivity contribution in [2.75, 3.05) is 6.54 Å². The average molecular weight is 278 g/mol. The molecule has 3 amide bonds. The van der Waals surface area contributed by atoms with E-state index in [4.69, 9.17) is 0 Å². The third kappa shape index (κ3) is 2.71. The van der Waals surface area contributed by atoms with E-state index in [2.05, 4.69) is 10.4 Å². The first-order valence-electron chi connectivity index (χ1n) is 6.56. The van der Waals surface area contributed by atoms with Crippen LogP contribution in [0.5, 0.6) is 0 Å². The van der Waals surface area contributed by atoms with Gasteiger partial charge in [0.1, 0.15) is 19.1 Å². The van der Waals surface area contributed by atoms with E-state index in [1.54, 1.807) is 4.68 Å². The van der Waals surface area contributed by atoms with Gasteiger partial charge < -0.3 is 4.90 Å². The van der Waals surface area contributed by atoms with Crippen molar-refractivity contribution in [1.82, 2.24) is 20.0 Å². The Morgan fingerprint density at radius 3 is 2.70 bits per heavy atom. The molecule has 0 bridgehead atoms. The quantitative estimate of drug-likeness (QED) is 0.774. The number of carbonyl (C=O) groups excluding carboxylic acids is 3. The van der Waals surface area contributed by atoms with E-state index >= 15 is 0 Å². The topological polar surface area (TPSA) is 84.3 Å². The lowest BCUT2D eigenvalue weighted by atomic mass is 10.1. The SMILES string of the molecule is CCC1C(=O)NC(=O)CN1C(=O)Cn1nc(C)cc1C. The van der Waals surface area contributed by atoms with E-state index in [-0.39, 0.29) is 19.0 Å². The molecular weight excluding hydrogens is 260 g/mol. The first kappa shape index (κ1) is 14.2. The first-order chi connectivity index (χ1) is 9.42. The van der Waals surface area contributed by atoms with Crippen LogP contribution in [0.1, 0.15) is 24.7 Å². The highest BCUT2D eigenvalue weighted by Crippen LogP contribution is 2.11. The Morgan fingerprint density at radius 2 is 2.15 bits per heavy atom. The van der Waals surface area contributed by atoms with Crippen LogP contribution < -0.4 is 5.32 Å². The second kappa shape index (κ2) is 5.44. The van der Waals surface area contributed by atoms with Gasteiger partial charge in [0.05, 0.1) is 5.69 Å². The molecule has 1 saturated heterocycles. The fourth-order valence-corrected chi connectivity index (χ4v) is 2.39. The second-order valence-corrected chi connectivity index (χ2v) is 4.94. The molecule has 1 N–H and O–H groups in total. The van der Waals surface area contributed by atoms with Crippen LogP contribution in [0.2, 0.25) is 0 Å². The summed E-state index contributed by atoms with van der Waals surface area (Å²) in [7, 11) is 0. The Kier molecular flexibility index (Phi) is 3.87. The number of amides is 3. The van der Waals surface area contributed by atoms with Crippen molar-refractivity contribution < 1.29 is 14.4 Å². The monoisotopic (exact) mass is 278 g/mol. The van der Waals surface area contributed by atoms with Gasteiger partial charge in [0, 0.05) is 5.69 Å². The van der Waals surface area contributed by atoms with Crippen molar-refractivity contribution in [3.8, 4) is 0 Å². The number of aryl methyl sites for hydroxylation is 2. The smallest absolute Gasteiger partial charge is 0.249 e. The van der Waals surface area contributed by atoms with E-state index < -0.39 is 17.9 Å². The van der Waals surface area contributed by atoms with Crippen molar-refractivity contribution >= 4 is 17.7 Å². The second-order valence-electron chi connectivity index (χ2n) is 4.94. The first-order valence-corrected chi connectivity index (χ1v) is 6.56. The highest BCUT2D eigenvalue weighted by molar-refractivity contribution is 6.04. The van der Waals surface area contributed by atoms with Crippen LogP contribution in [0, 0.1) is 13.8 Å². The minimum atomic E-state index is -0.586. The normalized spacial score (nSPS) is 19.1. The number of carbonyl (C=O) groups is 3. The summed E-state index contributed by atoms with van der Waals surface area (Å²) >= 11 is 0. The molecule has 1 atom stereocenters. The van der Waals surface area contributed by atoms with E-state index in [1.807, 2.05) is 26.8 Å². The summed E-state index contributed by atoms with van der Waals surface area (Å²) in [4.78, 5) is 36.8. The van der Waals surface area contributed by atoms with E-state index in [0.29, 0.717) is 6.42 Å². The summed E-state index contributed by atoms with van der Waals surface area (Å²) in [5.74, 6) is -1.13. The maximum Gasteiger partial charge on any atom is 0.249 e. The van der Waals surface area contributed by atoms with Gasteiger partial charge in [-0.25, -0.2) is 0 Å². The number of aromatic nitrogens is 2. The number of hydrogen-bond donors (Lipinski definition) is 1. The molecule has 108 valence electrons. The van der Waals surface area contributed by atoms with E-state index in [0.717, 1.165) is 11.4 Å². The molecule has 20 heavy (non-hydrogen) atoms. The molecule has 1 aromatic heterocycles. The standard InChI is InChI=1S/C13H18N4O3/c1-4-10-13(20)14-11(18)6-16(10)12(19)7-17-9(3)5-8(2)15-17/h5,10H,4,6-7H2,1-3H3,(H,14,18,20). The molecule has 1 fully saturated rings. The highest BCUT2D eigenvalue weighted by Gasteiger charge is 2.35. The number of nitrogens with zero attached hydrogens (tertiary/aromatic N) is 3. The Hall–Kier alpha value is -2.18. The van der Waals surface area contributed by atoms with E-state index in [1.165, 1.54) is 4.90 Å². The predicted molar refractivity (Wildman–Crippen MR) is 70.6 cm³/mol. The van der Waals surface area contributed by atoms with Crippen LogP contribution >= 0.6 is 0 Å². The van der Waals surface area contributed by atoms with Gasteiger partial charge in [-0.05, 0) is 26.3 Å². The molecule has 7 heteroatoms. The number of piperazine rings is 1. The lowest BCUT2D eigenvalue weighted by Crippen LogP contribution is -2.60. The zero-order chi connectivity index (χ0) is 14.9. The van der Waals surface area contributed by atoms with Gasteiger partial charge in [-0.3, -0.25) is 24.4 Å². The predicted octanol–water partition coefficient (Wildman–Crippen LogP) is -0.236. The fourth-order valence-electron chi connectivity index (χ4n) is 2.39. The lowest BCUT2D eigenvalue weighted by Gasteiger charge is -2.33. The van der Waals surface area contributed by atoms with Crippen molar-refractivity contribution in [3.63, 3.8) is 0 Å². The van der Waals surface area contributed by atoms with Gasteiger partial charge in [-0.2, -0.15) is 5.10 Å². The molecule has 1 aromatic rings. The maximum atomic E-state index is 12.3. The molecule has 7 nitrogen and oxygen atoms in total. The van der Waals surface area contributed by atoms with E-state index in [9.17, 15) is 14.4 Å². The van der Waals surface area contributed by atoms with Crippen LogP contribution in [0.3, 0.4) is 0 Å². The Labute approximate surface area is 116 Å². The maximum absolute atomic E-state index is 12.3. The summed E-state index contributed by atoms with van der Waals surface area (Å²) in [6.07, 6.45) is 0.474. The summed E-state index contributed by atoms with van der Waals surface area (Å²) in [5, 5.41) is 6.47. The van der Waals surface area contributed by atoms with Crippen molar-refractivity contribution in [2.45, 2.75) is 39.8 Å². The minimum Gasteiger partial charge on any atom is -0.320 e. The van der Waals surface area contributed by atoms with Crippen LogP contribution in [0.4, 0.5) is 0 Å². The van der Waals surface area contributed by atoms with Crippen molar-refractivity contribution in [1.29, 1.82) is 0 Å². The Bertz CT molecular complexity index is 564. The Balaban J connectivity index is 2.16. The van der Waals surface area contributed by atoms with Gasteiger partial charge in [0.2, 0.25) is 17.7 Å². The zero-order valence-electron chi connectivity index (χ0n) is 11.8. The van der Waals surface area contributed by atoms with Gasteiger partial charge in [0.15, 0.2) is 0 Å². The molecular formula is C13H18N4O3. The van der Waals surface area contributed by atoms with Crippen LogP contribution in [0.25, 0.3) is 0 Å². The fraction of sp³-hybridized carbons (Fsp3) is 0.538. The third-order valence-electron chi connectivity index (χ3n) is 3.35. The van der Waals surface area contributed by atoms with Crippen LogP contribution in [0.15, 0.2) is 6.07 Å². The number of hydrogen-bond acceptors (Lipinski definition) is 4. The van der Waals surface area contributed by atoms with Crippen molar-refractivity contribution in [3.05, 3.63) is 17.5 Å². The van der Waals surface area contributed by atoms with Crippen LogP contribution in [-0.2, 0) is 20.9 Å². The van der Waals surface area contributed by atoms with Gasteiger partial charge >= 0.3 is 0 Å². The number of rotatable bonds is 3. The van der Waals surface area contributed by atoms with Crippen molar-refractivity contribution in [2.24, 2.45) is 0 Å². The molecule has 1 aliphatic rings. The van der Waals surface area contributed by atoms with Crippen LogP contribution in [-0.4, -0.2) is 45.0 Å². The molecule has 0 saturated carbocycles. The van der Waals surface area contributed by atoms with Gasteiger partial charge in [-0.15, -0.1) is 0 Å². The molecule has 1 unspecified atom stereocenters. The van der Waals surface area contributed by atoms with Gasteiger partial charge in [-0.1, -0.05) is 6.92 Å². The molecule has 1 aliphatic heterocycles. The molecule has 2 heterocycles.